The summed E-state index contributed by atoms with van der Waals surface area (Å²) in [7, 11) is -4.58. The van der Waals surface area contributed by atoms with Crippen molar-refractivity contribution in [3.05, 3.63) is 114 Å². The number of ether oxygens (including phenoxy) is 3. The van der Waals surface area contributed by atoms with Crippen LogP contribution in [0.2, 0.25) is 0 Å². The third-order valence-electron chi connectivity index (χ3n) is 11.6. The van der Waals surface area contributed by atoms with Gasteiger partial charge in [-0.3, -0.25) is 4.79 Å². The van der Waals surface area contributed by atoms with Crippen LogP contribution < -0.4 is 4.90 Å². The molecule has 4 aromatic rings. The Morgan fingerprint density at radius 3 is 2.03 bits per heavy atom. The second kappa shape index (κ2) is 18.5. The minimum absolute atomic E-state index is 0.0281. The van der Waals surface area contributed by atoms with Crippen LogP contribution in [-0.4, -0.2) is 140 Å². The van der Waals surface area contributed by atoms with Gasteiger partial charge in [0.15, 0.2) is 16.1 Å². The number of hydrogen-bond donors (Lipinski definition) is 9. The summed E-state index contributed by atoms with van der Waals surface area (Å²) < 4.78 is 60.2. The normalized spacial score (nSPS) is 31.1. The lowest BCUT2D eigenvalue weighted by Crippen LogP contribution is -2.65. The predicted molar refractivity (Wildman–Crippen MR) is 213 cm³/mol. The van der Waals surface area contributed by atoms with Gasteiger partial charge in [0.1, 0.15) is 66.5 Å². The van der Waals surface area contributed by atoms with Crippen LogP contribution in [-0.2, 0) is 28.8 Å². The number of carbonyl (C=O) groups is 1. The quantitative estimate of drug-likeness (QED) is 0.0796. The van der Waals surface area contributed by atoms with E-state index in [1.54, 1.807) is 54.6 Å². The van der Waals surface area contributed by atoms with Crippen molar-refractivity contribution < 1.29 is 77.8 Å². The minimum atomic E-state index is -4.58. The van der Waals surface area contributed by atoms with Crippen molar-refractivity contribution >= 4 is 21.4 Å². The average molecular weight is 870 g/mol. The second-order valence-corrected chi connectivity index (χ2v) is 17.5. The molecule has 61 heavy (non-hydrogen) atoms. The summed E-state index contributed by atoms with van der Waals surface area (Å²) in [5.41, 5.74) is 2.04. The predicted octanol–water partition coefficient (Wildman–Crippen LogP) is 0.856. The van der Waals surface area contributed by atoms with Crippen LogP contribution in [0.1, 0.15) is 36.1 Å². The molecule has 4 aromatic carbocycles. The maximum absolute atomic E-state index is 14.8. The summed E-state index contributed by atoms with van der Waals surface area (Å²) >= 11 is 0. The number of aliphatic hydroxyl groups is 8. The van der Waals surface area contributed by atoms with Crippen LogP contribution in [0.5, 0.6) is 5.75 Å². The van der Waals surface area contributed by atoms with E-state index in [1.807, 2.05) is 0 Å². The topological polar surface area (TPSA) is 264 Å². The van der Waals surface area contributed by atoms with Gasteiger partial charge in [-0.2, -0.15) is 0 Å². The highest BCUT2D eigenvalue weighted by Gasteiger charge is 2.53. The Kier molecular flexibility index (Phi) is 13.5. The summed E-state index contributed by atoms with van der Waals surface area (Å²) in [5, 5.41) is 94.5. The fourth-order valence-corrected chi connectivity index (χ4v) is 9.99. The van der Waals surface area contributed by atoms with Gasteiger partial charge in [0.2, 0.25) is 5.91 Å². The molecule has 1 amide bonds. The van der Waals surface area contributed by atoms with E-state index in [9.17, 15) is 63.6 Å². The Labute approximate surface area is 350 Å². The number of para-hydroxylation sites is 1. The van der Waals surface area contributed by atoms with Gasteiger partial charge in [0.05, 0.1) is 41.9 Å². The van der Waals surface area contributed by atoms with Crippen LogP contribution in [0.3, 0.4) is 0 Å². The zero-order valence-corrected chi connectivity index (χ0v) is 33.3. The molecular weight excluding hydrogens is 822 g/mol. The molecule has 0 aliphatic carbocycles. The molecule has 3 fully saturated rings. The van der Waals surface area contributed by atoms with E-state index < -0.39 is 114 Å². The number of amides is 1. The van der Waals surface area contributed by atoms with Crippen molar-refractivity contribution in [1.82, 2.24) is 0 Å². The Hall–Kier alpha value is -4.41. The third-order valence-corrected chi connectivity index (χ3v) is 13.4. The number of phenolic OH excluding ortho intramolecular Hbond substituents is 1. The molecular formula is C43H48FNO15S. The summed E-state index contributed by atoms with van der Waals surface area (Å²) in [5.74, 6) is -2.64. The number of phenols is 1. The molecule has 0 saturated carbocycles. The number of β-lactam (4-membered cyclic amide) rings is 1. The number of aromatic hydroxyl groups is 1. The summed E-state index contributed by atoms with van der Waals surface area (Å²) in [6, 6.07) is 23.6. The second-order valence-electron chi connectivity index (χ2n) is 15.5. The van der Waals surface area contributed by atoms with Gasteiger partial charge >= 0.3 is 0 Å². The van der Waals surface area contributed by atoms with E-state index >= 15 is 0 Å². The maximum Gasteiger partial charge on any atom is 0.233 e. The number of halogens is 1. The lowest BCUT2D eigenvalue weighted by molar-refractivity contribution is -0.341. The van der Waals surface area contributed by atoms with Gasteiger partial charge in [0, 0.05) is 5.69 Å². The van der Waals surface area contributed by atoms with Crippen molar-refractivity contribution in [2.24, 2.45) is 5.92 Å². The monoisotopic (exact) mass is 869 g/mol. The lowest BCUT2D eigenvalue weighted by atomic mass is 9.78. The number of anilines is 1. The number of carbonyl (C=O) groups excluding carboxylic acids is 1. The number of nitrogens with zero attached hydrogens (tertiary/aromatic N) is 1. The molecule has 3 heterocycles. The Morgan fingerprint density at radius 1 is 0.738 bits per heavy atom. The Balaban J connectivity index is 1.22. The average Bonchev–Trinajstić information content (AvgIpc) is 3.25. The first-order valence-electron chi connectivity index (χ1n) is 19.7. The number of rotatable bonds is 14. The molecule has 3 aliphatic rings. The van der Waals surface area contributed by atoms with E-state index in [4.69, 9.17) is 14.2 Å². The van der Waals surface area contributed by atoms with Crippen molar-refractivity contribution in [3.63, 3.8) is 0 Å². The number of sulfone groups is 1. The summed E-state index contributed by atoms with van der Waals surface area (Å²) in [6.07, 6.45) is -18.3. The van der Waals surface area contributed by atoms with Crippen LogP contribution in [0.15, 0.2) is 102 Å². The summed E-state index contributed by atoms with van der Waals surface area (Å²) in [6.45, 7) is -1.67. The van der Waals surface area contributed by atoms with Gasteiger partial charge in [-0.1, -0.05) is 54.6 Å². The van der Waals surface area contributed by atoms with Crippen LogP contribution in [0.25, 0.3) is 11.1 Å². The zero-order valence-electron chi connectivity index (χ0n) is 32.5. The molecule has 18 heteroatoms. The van der Waals surface area contributed by atoms with E-state index in [0.29, 0.717) is 22.4 Å². The molecule has 9 N–H and O–H groups in total. The van der Waals surface area contributed by atoms with Crippen molar-refractivity contribution in [2.45, 2.75) is 91.1 Å². The number of aliphatic hydroxyl groups excluding tert-OH is 8. The first kappa shape index (κ1) is 44.6. The molecule has 0 radical (unpaired) electrons. The molecule has 0 bridgehead atoms. The molecule has 3 aliphatic heterocycles. The standard InChI is InChI=1S/C43H48FNO15S/c44-25-11-6-23(7-12-25)30(49)17-16-29-35(45(42(29)55)26-4-2-1-3-5-26)28-15-10-24(22-8-13-27(48)14-9-22)18-34(28)61(56,57)21-33-37(51)39(53)41(32(20-47)58-33)60-43-40(54)38(52)36(50)31(19-46)59-43/h1-15,18,29-33,35-41,43,46-54H,16-17,19-21H2/t29-,30?,31?,32?,33?,35?,36?,37?,38?,39?,40?,41?,43?/m1/s1. The van der Waals surface area contributed by atoms with Crippen LogP contribution >= 0.6 is 0 Å². The van der Waals surface area contributed by atoms with Crippen LogP contribution in [0, 0.1) is 11.7 Å². The SMILES string of the molecule is O=C1[C@H](CCC(O)c2ccc(F)cc2)C(c2ccc(-c3ccc(O)cc3)cc2S(=O)(=O)CC2OC(CO)C(OC3OC(CO)C(O)C(O)C3O)C(O)C2O)N1c1ccccc1. The molecule has 328 valence electrons. The Morgan fingerprint density at radius 2 is 1.38 bits per heavy atom. The van der Waals surface area contributed by atoms with E-state index in [0.717, 1.165) is 0 Å². The maximum atomic E-state index is 14.8. The molecule has 16 nitrogen and oxygen atoms in total. The smallest absolute Gasteiger partial charge is 0.233 e. The lowest BCUT2D eigenvalue weighted by Gasteiger charge is -2.48. The zero-order chi connectivity index (χ0) is 43.7. The fourth-order valence-electron chi connectivity index (χ4n) is 8.24. The van der Waals surface area contributed by atoms with Gasteiger partial charge in [-0.15, -0.1) is 0 Å². The molecule has 12 unspecified atom stereocenters. The minimum Gasteiger partial charge on any atom is -0.508 e. The molecule has 7 rings (SSSR count). The molecule has 0 spiro atoms. The van der Waals surface area contributed by atoms with Crippen molar-refractivity contribution in [3.8, 4) is 16.9 Å². The number of benzene rings is 4. The molecule has 13 atom stereocenters. The van der Waals surface area contributed by atoms with Gasteiger partial charge < -0.3 is 65.1 Å². The van der Waals surface area contributed by atoms with Crippen LogP contribution in [0.4, 0.5) is 10.1 Å². The van der Waals surface area contributed by atoms with E-state index in [-0.39, 0.29) is 35.0 Å². The van der Waals surface area contributed by atoms with Crippen molar-refractivity contribution in [2.75, 3.05) is 23.9 Å². The fraction of sp³-hybridized carbons (Fsp3) is 0.419. The highest BCUT2D eigenvalue weighted by atomic mass is 32.2. The van der Waals surface area contributed by atoms with Gasteiger partial charge in [-0.25, -0.2) is 12.8 Å². The highest BCUT2D eigenvalue weighted by molar-refractivity contribution is 7.91. The molecule has 3 saturated heterocycles. The first-order chi connectivity index (χ1) is 29.1. The largest absolute Gasteiger partial charge is 0.508 e. The molecule has 0 aromatic heterocycles. The van der Waals surface area contributed by atoms with Crippen molar-refractivity contribution in [1.29, 1.82) is 0 Å². The van der Waals surface area contributed by atoms with Gasteiger partial charge in [0.25, 0.3) is 0 Å². The number of hydrogen-bond acceptors (Lipinski definition) is 15. The highest BCUT2D eigenvalue weighted by Crippen LogP contribution is 2.49. The van der Waals surface area contributed by atoms with Gasteiger partial charge in [-0.05, 0) is 77.6 Å². The van der Waals surface area contributed by atoms with E-state index in [2.05, 4.69) is 0 Å². The van der Waals surface area contributed by atoms with E-state index in [1.165, 1.54) is 47.4 Å². The third kappa shape index (κ3) is 9.08. The Bertz CT molecular complexity index is 2230. The summed E-state index contributed by atoms with van der Waals surface area (Å²) in [4.78, 5) is 15.2. The first-order valence-corrected chi connectivity index (χ1v) is 21.3.